The number of rotatable bonds is 8. The lowest BCUT2D eigenvalue weighted by Crippen LogP contribution is -2.06. The predicted molar refractivity (Wildman–Crippen MR) is 66.3 cm³/mol. The molecule has 0 aliphatic rings. The van der Waals surface area contributed by atoms with E-state index in [2.05, 4.69) is 45.2 Å². The molecule has 0 N–H and O–H groups in total. The largest absolute Gasteiger partial charge is 0.103 e. The van der Waals surface area contributed by atoms with Gasteiger partial charge in [0.15, 0.2) is 0 Å². The van der Waals surface area contributed by atoms with Crippen molar-refractivity contribution < 1.29 is 0 Å². The molecule has 0 aliphatic carbocycles. The van der Waals surface area contributed by atoms with Crippen molar-refractivity contribution in [2.24, 2.45) is 11.8 Å². The van der Waals surface area contributed by atoms with E-state index in [9.17, 15) is 0 Å². The molecule has 0 amide bonds. The number of hydrogen-bond acceptors (Lipinski definition) is 0. The summed E-state index contributed by atoms with van der Waals surface area (Å²) in [7, 11) is 0. The summed E-state index contributed by atoms with van der Waals surface area (Å²) < 4.78 is 0. The molecule has 0 heterocycles. The highest BCUT2D eigenvalue weighted by molar-refractivity contribution is 4.90. The van der Waals surface area contributed by atoms with Crippen molar-refractivity contribution in [3.63, 3.8) is 0 Å². The fourth-order valence-corrected chi connectivity index (χ4v) is 1.62. The van der Waals surface area contributed by atoms with Crippen molar-refractivity contribution in [1.82, 2.24) is 0 Å². The Morgan fingerprint density at radius 2 is 1.86 bits per heavy atom. The second-order valence-electron chi connectivity index (χ2n) is 3.86. The average Bonchev–Trinajstić information content (AvgIpc) is 2.19. The smallest absolute Gasteiger partial charge is 0.0210 e. The standard InChI is InChI=1S/C14H24/c1-5-8-9-10-11-12-13(4)14(6-2)7-3/h5-6,10-11,13-14H,1-2,7-9,12H2,3-4H3. The SMILES string of the molecule is C=CCCC=CCC(C)C(C=C)CC. The van der Waals surface area contributed by atoms with Crippen LogP contribution in [0.4, 0.5) is 0 Å². The van der Waals surface area contributed by atoms with Crippen LogP contribution in [0.15, 0.2) is 37.5 Å². The third-order valence-electron chi connectivity index (χ3n) is 2.72. The zero-order chi connectivity index (χ0) is 10.8. The average molecular weight is 192 g/mol. The maximum atomic E-state index is 3.87. The van der Waals surface area contributed by atoms with Gasteiger partial charge in [0, 0.05) is 0 Å². The van der Waals surface area contributed by atoms with Crippen molar-refractivity contribution in [2.45, 2.75) is 39.5 Å². The Labute approximate surface area is 89.4 Å². The third-order valence-corrected chi connectivity index (χ3v) is 2.72. The van der Waals surface area contributed by atoms with Gasteiger partial charge in [-0.15, -0.1) is 13.2 Å². The van der Waals surface area contributed by atoms with Crippen molar-refractivity contribution in [1.29, 1.82) is 0 Å². The van der Waals surface area contributed by atoms with Crippen LogP contribution in [0.1, 0.15) is 39.5 Å². The summed E-state index contributed by atoms with van der Waals surface area (Å²) in [5.74, 6) is 1.39. The van der Waals surface area contributed by atoms with E-state index in [0.717, 1.165) is 18.8 Å². The molecular weight excluding hydrogens is 168 g/mol. The first-order valence-electron chi connectivity index (χ1n) is 5.64. The van der Waals surface area contributed by atoms with Crippen LogP contribution in [0.2, 0.25) is 0 Å². The van der Waals surface area contributed by atoms with Crippen LogP contribution in [0.5, 0.6) is 0 Å². The van der Waals surface area contributed by atoms with Gasteiger partial charge in [0.05, 0.1) is 0 Å². The second kappa shape index (κ2) is 8.80. The lowest BCUT2D eigenvalue weighted by Gasteiger charge is -2.16. The van der Waals surface area contributed by atoms with E-state index in [1.807, 2.05) is 6.08 Å². The molecule has 0 aromatic carbocycles. The minimum atomic E-state index is 0.666. The fourth-order valence-electron chi connectivity index (χ4n) is 1.62. The van der Waals surface area contributed by atoms with Gasteiger partial charge < -0.3 is 0 Å². The van der Waals surface area contributed by atoms with Gasteiger partial charge in [-0.3, -0.25) is 0 Å². The van der Waals surface area contributed by atoms with E-state index in [1.165, 1.54) is 12.8 Å². The zero-order valence-electron chi connectivity index (χ0n) is 9.71. The van der Waals surface area contributed by atoms with Gasteiger partial charge in [-0.25, -0.2) is 0 Å². The van der Waals surface area contributed by atoms with Gasteiger partial charge in [-0.1, -0.05) is 38.2 Å². The Kier molecular flexibility index (Phi) is 8.31. The molecule has 0 nitrogen and oxygen atoms in total. The van der Waals surface area contributed by atoms with Crippen LogP contribution < -0.4 is 0 Å². The van der Waals surface area contributed by atoms with Gasteiger partial charge >= 0.3 is 0 Å². The van der Waals surface area contributed by atoms with Crippen molar-refractivity contribution in [3.8, 4) is 0 Å². The van der Waals surface area contributed by atoms with Crippen molar-refractivity contribution in [2.75, 3.05) is 0 Å². The first-order chi connectivity index (χ1) is 6.76. The number of hydrogen-bond donors (Lipinski definition) is 0. The monoisotopic (exact) mass is 192 g/mol. The van der Waals surface area contributed by atoms with E-state index in [1.54, 1.807) is 0 Å². The molecule has 0 aliphatic heterocycles. The molecule has 0 bridgehead atoms. The number of allylic oxidation sites excluding steroid dienone is 4. The molecular formula is C14H24. The molecule has 14 heavy (non-hydrogen) atoms. The topological polar surface area (TPSA) is 0 Å². The molecule has 2 unspecified atom stereocenters. The van der Waals surface area contributed by atoms with Gasteiger partial charge in [-0.2, -0.15) is 0 Å². The normalized spacial score (nSPS) is 15.3. The van der Waals surface area contributed by atoms with E-state index in [0.29, 0.717) is 5.92 Å². The molecule has 0 aromatic heterocycles. The maximum absolute atomic E-state index is 3.87. The first kappa shape index (κ1) is 13.2. The summed E-state index contributed by atoms with van der Waals surface area (Å²) in [6.45, 7) is 12.1. The molecule has 0 heteroatoms. The Balaban J connectivity index is 3.70. The summed E-state index contributed by atoms with van der Waals surface area (Å²) in [4.78, 5) is 0. The summed E-state index contributed by atoms with van der Waals surface area (Å²) >= 11 is 0. The molecule has 0 spiro atoms. The molecule has 0 saturated heterocycles. The minimum Gasteiger partial charge on any atom is -0.103 e. The van der Waals surface area contributed by atoms with Crippen LogP contribution in [0, 0.1) is 11.8 Å². The van der Waals surface area contributed by atoms with Gasteiger partial charge in [0.1, 0.15) is 0 Å². The molecule has 0 rings (SSSR count). The third kappa shape index (κ3) is 5.80. The molecule has 0 fully saturated rings. The molecule has 2 atom stereocenters. The summed E-state index contributed by atoms with van der Waals surface area (Å²) in [5, 5.41) is 0. The molecule has 0 aromatic rings. The van der Waals surface area contributed by atoms with Crippen LogP contribution in [0.3, 0.4) is 0 Å². The lowest BCUT2D eigenvalue weighted by atomic mass is 9.89. The van der Waals surface area contributed by atoms with Crippen LogP contribution in [-0.2, 0) is 0 Å². The van der Waals surface area contributed by atoms with Crippen molar-refractivity contribution >= 4 is 0 Å². The van der Waals surface area contributed by atoms with Crippen LogP contribution in [-0.4, -0.2) is 0 Å². The lowest BCUT2D eigenvalue weighted by molar-refractivity contribution is 0.422. The molecule has 0 radical (unpaired) electrons. The zero-order valence-corrected chi connectivity index (χ0v) is 9.71. The maximum Gasteiger partial charge on any atom is -0.0210 e. The Morgan fingerprint density at radius 1 is 1.14 bits per heavy atom. The fraction of sp³-hybridized carbons (Fsp3) is 0.571. The molecule has 80 valence electrons. The summed E-state index contributed by atoms with van der Waals surface area (Å²) in [5.41, 5.74) is 0. The Morgan fingerprint density at radius 3 is 2.36 bits per heavy atom. The van der Waals surface area contributed by atoms with E-state index >= 15 is 0 Å². The van der Waals surface area contributed by atoms with Gasteiger partial charge in [0.25, 0.3) is 0 Å². The van der Waals surface area contributed by atoms with Crippen molar-refractivity contribution in [3.05, 3.63) is 37.5 Å². The highest BCUT2D eigenvalue weighted by atomic mass is 14.1. The van der Waals surface area contributed by atoms with Crippen LogP contribution >= 0.6 is 0 Å². The second-order valence-corrected chi connectivity index (χ2v) is 3.86. The van der Waals surface area contributed by atoms with E-state index in [4.69, 9.17) is 0 Å². The molecule has 0 saturated carbocycles. The highest BCUT2D eigenvalue weighted by Crippen LogP contribution is 2.20. The Bertz CT molecular complexity index is 176. The number of unbranched alkanes of at least 4 members (excludes halogenated alkanes) is 1. The summed E-state index contributed by atoms with van der Waals surface area (Å²) in [6, 6.07) is 0. The van der Waals surface area contributed by atoms with Gasteiger partial charge in [-0.05, 0) is 37.5 Å². The predicted octanol–water partition coefficient (Wildman–Crippen LogP) is 4.75. The quantitative estimate of drug-likeness (QED) is 0.384. The minimum absolute atomic E-state index is 0.666. The van der Waals surface area contributed by atoms with Crippen LogP contribution in [0.25, 0.3) is 0 Å². The van der Waals surface area contributed by atoms with Gasteiger partial charge in [0.2, 0.25) is 0 Å². The van der Waals surface area contributed by atoms with E-state index < -0.39 is 0 Å². The highest BCUT2D eigenvalue weighted by Gasteiger charge is 2.09. The Hall–Kier alpha value is -0.780. The first-order valence-corrected chi connectivity index (χ1v) is 5.64. The van der Waals surface area contributed by atoms with E-state index in [-0.39, 0.29) is 0 Å². The summed E-state index contributed by atoms with van der Waals surface area (Å²) in [6.07, 6.45) is 13.2.